The zero-order chi connectivity index (χ0) is 12.3. The summed E-state index contributed by atoms with van der Waals surface area (Å²) in [5, 5.41) is 16.5. The summed E-state index contributed by atoms with van der Waals surface area (Å²) in [5.74, 6) is -0.606. The van der Waals surface area contributed by atoms with Gasteiger partial charge in [-0.1, -0.05) is 24.3 Å². The second-order valence-corrected chi connectivity index (χ2v) is 3.84. The predicted molar refractivity (Wildman–Crippen MR) is 55.5 cm³/mol. The monoisotopic (exact) mass is 240 g/mol. The normalized spacial score (nSPS) is 19.6. The third-order valence-electron chi connectivity index (χ3n) is 2.83. The Balaban J connectivity index is 1.94. The van der Waals surface area contributed by atoms with Crippen LogP contribution in [-0.2, 0) is 0 Å². The third-order valence-corrected chi connectivity index (χ3v) is 2.83. The summed E-state index contributed by atoms with van der Waals surface area (Å²) in [6, 6.07) is 6.61. The summed E-state index contributed by atoms with van der Waals surface area (Å²) in [4.78, 5) is 24.6. The van der Waals surface area contributed by atoms with Gasteiger partial charge in [-0.05, 0) is 20.9 Å². The van der Waals surface area contributed by atoms with Gasteiger partial charge in [0.05, 0.1) is 0 Å². The number of carbonyl (C=O) groups is 2. The highest BCUT2D eigenvalue weighted by molar-refractivity contribution is 6.26. The van der Waals surface area contributed by atoms with Gasteiger partial charge in [0.15, 0.2) is 11.4 Å². The smallest absolute Gasteiger partial charge is 0.216 e. The number of carbonyl (C=O) groups excluding carboxylic acids is 2. The van der Waals surface area contributed by atoms with Crippen molar-refractivity contribution in [3.05, 3.63) is 46.8 Å². The van der Waals surface area contributed by atoms with Crippen LogP contribution in [0.25, 0.3) is 0 Å². The van der Waals surface area contributed by atoms with Gasteiger partial charge in [-0.3, -0.25) is 9.59 Å². The quantitative estimate of drug-likeness (QED) is 0.782. The fourth-order valence-corrected chi connectivity index (χ4v) is 1.94. The average molecular weight is 240 g/mol. The van der Waals surface area contributed by atoms with Crippen molar-refractivity contribution < 1.29 is 9.59 Å². The van der Waals surface area contributed by atoms with E-state index in [2.05, 4.69) is 20.9 Å². The summed E-state index contributed by atoms with van der Waals surface area (Å²) in [5.41, 5.74) is 0.896. The Labute approximate surface area is 99.8 Å². The van der Waals surface area contributed by atoms with Crippen LogP contribution in [-0.4, -0.2) is 21.8 Å². The molecule has 1 aromatic rings. The van der Waals surface area contributed by atoms with Gasteiger partial charge in [0.1, 0.15) is 0 Å². The molecule has 0 saturated carbocycles. The van der Waals surface area contributed by atoms with E-state index in [-0.39, 0.29) is 23.0 Å². The molecule has 2 aliphatic heterocycles. The molecule has 2 heterocycles. The summed E-state index contributed by atoms with van der Waals surface area (Å²) in [6.45, 7) is 0. The van der Waals surface area contributed by atoms with Crippen LogP contribution in [0.15, 0.2) is 56.6 Å². The van der Waals surface area contributed by atoms with E-state index in [9.17, 15) is 9.59 Å². The maximum Gasteiger partial charge on any atom is 0.216 e. The number of benzene rings is 1. The van der Waals surface area contributed by atoms with Crippen LogP contribution >= 0.6 is 0 Å². The summed E-state index contributed by atoms with van der Waals surface area (Å²) < 4.78 is 0. The molecule has 0 bridgehead atoms. The van der Waals surface area contributed by atoms with Crippen LogP contribution in [0.3, 0.4) is 0 Å². The zero-order valence-corrected chi connectivity index (χ0v) is 8.81. The molecule has 0 amide bonds. The highest BCUT2D eigenvalue weighted by Crippen LogP contribution is 2.36. The molecule has 0 aromatic heterocycles. The molecule has 0 fully saturated rings. The van der Waals surface area contributed by atoms with E-state index >= 15 is 0 Å². The van der Waals surface area contributed by atoms with Crippen molar-refractivity contribution in [1.82, 2.24) is 10.2 Å². The fraction of sp³-hybridized carbons (Fsp3) is 0. The third kappa shape index (κ3) is 1.08. The van der Waals surface area contributed by atoms with E-state index in [4.69, 9.17) is 0 Å². The number of Topliss-reactive ketones (excluding diaryl/α,β-unsaturated/α-hetero) is 2. The lowest BCUT2D eigenvalue weighted by molar-refractivity contribution is 0.0938. The molecule has 0 unspecified atom stereocenters. The topological polar surface area (TPSA) is 89.6 Å². The number of ketones is 2. The summed E-state index contributed by atoms with van der Waals surface area (Å²) in [7, 11) is 0. The van der Waals surface area contributed by atoms with Gasteiger partial charge in [-0.15, -0.1) is 10.2 Å². The Morgan fingerprint density at radius 1 is 0.722 bits per heavy atom. The van der Waals surface area contributed by atoms with E-state index in [1.165, 1.54) is 0 Å². The molecule has 4 rings (SSSR count). The number of nitrogens with zero attached hydrogens (tertiary/aromatic N) is 6. The van der Waals surface area contributed by atoms with E-state index in [1.807, 2.05) is 0 Å². The van der Waals surface area contributed by atoms with E-state index in [0.29, 0.717) is 11.1 Å². The molecule has 8 nitrogen and oxygen atoms in total. The molecule has 0 spiro atoms. The molecule has 8 heteroatoms. The van der Waals surface area contributed by atoms with Gasteiger partial charge in [0.2, 0.25) is 11.6 Å². The maximum absolute atomic E-state index is 12.3. The Morgan fingerprint density at radius 3 is 1.44 bits per heavy atom. The molecular formula is C10H4N6O2. The molecule has 0 N–H and O–H groups in total. The van der Waals surface area contributed by atoms with Gasteiger partial charge < -0.3 is 0 Å². The largest absolute Gasteiger partial charge is 0.287 e. The van der Waals surface area contributed by atoms with Crippen molar-refractivity contribution >= 4 is 11.6 Å². The second kappa shape index (κ2) is 2.86. The molecular weight excluding hydrogens is 236 g/mol. The SMILES string of the molecule is O=C1C(N2N=N2)=C(N2N=N2)C(=O)c2ccccc21. The first-order valence-electron chi connectivity index (χ1n) is 5.13. The van der Waals surface area contributed by atoms with E-state index < -0.39 is 0 Å². The maximum atomic E-state index is 12.3. The van der Waals surface area contributed by atoms with Gasteiger partial charge >= 0.3 is 0 Å². The minimum atomic E-state index is -0.303. The van der Waals surface area contributed by atoms with Gasteiger partial charge in [-0.2, -0.15) is 0 Å². The van der Waals surface area contributed by atoms with Crippen LogP contribution in [0.1, 0.15) is 20.7 Å². The molecule has 0 atom stereocenters. The van der Waals surface area contributed by atoms with Crippen molar-refractivity contribution in [3.63, 3.8) is 0 Å². The van der Waals surface area contributed by atoms with Crippen LogP contribution in [0.2, 0.25) is 0 Å². The minimum Gasteiger partial charge on any atom is -0.287 e. The molecule has 86 valence electrons. The summed E-state index contributed by atoms with van der Waals surface area (Å²) >= 11 is 0. The first kappa shape index (κ1) is 9.16. The summed E-state index contributed by atoms with van der Waals surface area (Å²) in [6.07, 6.45) is 0. The first-order valence-corrected chi connectivity index (χ1v) is 5.13. The Kier molecular flexibility index (Phi) is 1.45. The zero-order valence-electron chi connectivity index (χ0n) is 8.81. The molecule has 0 saturated heterocycles. The predicted octanol–water partition coefficient (Wildman–Crippen LogP) is 1.47. The van der Waals surface area contributed by atoms with Crippen molar-refractivity contribution in [2.75, 3.05) is 0 Å². The highest BCUT2D eigenvalue weighted by atomic mass is 16.2. The minimum absolute atomic E-state index is 0.101. The highest BCUT2D eigenvalue weighted by Gasteiger charge is 2.43. The Morgan fingerprint density at radius 2 is 1.11 bits per heavy atom. The number of allylic oxidation sites excluding steroid dienone is 2. The molecule has 1 aromatic carbocycles. The molecule has 1 aliphatic carbocycles. The lowest BCUT2D eigenvalue weighted by Gasteiger charge is -2.17. The van der Waals surface area contributed by atoms with Crippen molar-refractivity contribution in [1.29, 1.82) is 0 Å². The lowest BCUT2D eigenvalue weighted by atomic mass is 9.90. The Bertz CT molecular complexity index is 633. The van der Waals surface area contributed by atoms with Gasteiger partial charge in [-0.25, -0.2) is 0 Å². The van der Waals surface area contributed by atoms with Crippen LogP contribution in [0.5, 0.6) is 0 Å². The van der Waals surface area contributed by atoms with E-state index in [0.717, 1.165) is 10.2 Å². The van der Waals surface area contributed by atoms with Crippen molar-refractivity contribution in [2.45, 2.75) is 0 Å². The second-order valence-electron chi connectivity index (χ2n) is 3.84. The number of fused-ring (bicyclic) bond motifs is 1. The van der Waals surface area contributed by atoms with Crippen LogP contribution in [0.4, 0.5) is 0 Å². The number of hydrogen-bond acceptors (Lipinski definition) is 8. The number of hydrogen-bond donors (Lipinski definition) is 0. The van der Waals surface area contributed by atoms with Crippen LogP contribution in [0, 0.1) is 0 Å². The van der Waals surface area contributed by atoms with Gasteiger partial charge in [0.25, 0.3) is 0 Å². The fourth-order valence-electron chi connectivity index (χ4n) is 1.94. The van der Waals surface area contributed by atoms with Gasteiger partial charge in [0, 0.05) is 11.1 Å². The average Bonchev–Trinajstić information content (AvgIpc) is 3.26. The standard InChI is InChI=1S/C10H4N6O2/c17-9-5-3-1-2-4-6(5)10(18)8(16-13-14-16)7(9)15-11-12-15/h1-4H. The van der Waals surface area contributed by atoms with Crippen molar-refractivity contribution in [3.8, 4) is 0 Å². The van der Waals surface area contributed by atoms with Crippen molar-refractivity contribution in [2.24, 2.45) is 20.9 Å². The first-order chi connectivity index (χ1) is 8.77. The lowest BCUT2D eigenvalue weighted by Crippen LogP contribution is -2.28. The van der Waals surface area contributed by atoms with E-state index in [1.54, 1.807) is 24.3 Å². The van der Waals surface area contributed by atoms with Crippen LogP contribution < -0.4 is 0 Å². The molecule has 0 radical (unpaired) electrons. The number of rotatable bonds is 2. The Hall–Kier alpha value is -2.90. The molecule has 3 aliphatic rings. The molecule has 18 heavy (non-hydrogen) atoms.